The number of hydrazine groups is 1. The summed E-state index contributed by atoms with van der Waals surface area (Å²) in [5.41, 5.74) is 2.12. The second kappa shape index (κ2) is 5.43. The molecule has 3 N–H and O–H groups in total. The molecule has 1 aromatic heterocycles. The van der Waals surface area contributed by atoms with Gasteiger partial charge in [-0.2, -0.15) is 0 Å². The second-order valence-electron chi connectivity index (χ2n) is 3.96. The highest BCUT2D eigenvalue weighted by molar-refractivity contribution is 7.14. The van der Waals surface area contributed by atoms with Crippen LogP contribution in [0.5, 0.6) is 0 Å². The van der Waals surface area contributed by atoms with Crippen LogP contribution in [0.25, 0.3) is 0 Å². The van der Waals surface area contributed by atoms with Crippen LogP contribution in [0.1, 0.15) is 40.2 Å². The number of nitrogens with one attached hydrogen (secondary N) is 1. The molecule has 0 saturated heterocycles. The summed E-state index contributed by atoms with van der Waals surface area (Å²) in [5.74, 6) is 4.82. The highest BCUT2D eigenvalue weighted by atomic mass is 32.1. The molecule has 0 aromatic carbocycles. The largest absolute Gasteiger partial charge is 0.373 e. The molecule has 0 atom stereocenters. The highest BCUT2D eigenvalue weighted by Gasteiger charge is 2.16. The number of ether oxygens (including phenoxy) is 1. The molecular weight excluding hydrogens is 224 g/mol. The van der Waals surface area contributed by atoms with E-state index in [1.165, 1.54) is 37.0 Å². The molecule has 0 radical (unpaired) electrons. The van der Waals surface area contributed by atoms with Crippen LogP contribution in [0.3, 0.4) is 0 Å². The predicted octanol–water partition coefficient (Wildman–Crippen LogP) is 1.81. The van der Waals surface area contributed by atoms with Crippen molar-refractivity contribution in [3.05, 3.63) is 21.9 Å². The third-order valence-corrected chi connectivity index (χ3v) is 3.84. The number of rotatable bonds is 4. The molecule has 5 heteroatoms. The Bertz CT molecular complexity index is 359. The van der Waals surface area contributed by atoms with Gasteiger partial charge in [-0.05, 0) is 25.0 Å². The molecule has 1 saturated carbocycles. The molecule has 88 valence electrons. The Kier molecular flexibility index (Phi) is 3.93. The maximum atomic E-state index is 11.2. The van der Waals surface area contributed by atoms with E-state index in [2.05, 4.69) is 5.43 Å². The third kappa shape index (κ3) is 2.81. The molecule has 1 aliphatic rings. The van der Waals surface area contributed by atoms with Crippen LogP contribution in [0.2, 0.25) is 0 Å². The number of amides is 1. The first-order valence-corrected chi connectivity index (χ1v) is 6.32. The zero-order valence-corrected chi connectivity index (χ0v) is 9.89. The van der Waals surface area contributed by atoms with Crippen LogP contribution in [0.15, 0.2) is 12.1 Å². The van der Waals surface area contributed by atoms with Crippen molar-refractivity contribution in [3.8, 4) is 0 Å². The minimum atomic E-state index is -0.239. The molecular formula is C11H16N2O2S. The van der Waals surface area contributed by atoms with Crippen LogP contribution < -0.4 is 11.3 Å². The van der Waals surface area contributed by atoms with Crippen LogP contribution in [0.4, 0.5) is 0 Å². The van der Waals surface area contributed by atoms with Crippen molar-refractivity contribution in [2.45, 2.75) is 38.4 Å². The smallest absolute Gasteiger partial charge is 0.275 e. The summed E-state index contributed by atoms with van der Waals surface area (Å²) in [4.78, 5) is 12.9. The molecule has 0 unspecified atom stereocenters. The minimum Gasteiger partial charge on any atom is -0.373 e. The van der Waals surface area contributed by atoms with Gasteiger partial charge in [-0.1, -0.05) is 12.8 Å². The SMILES string of the molecule is NNC(=O)c1ccc(COC2CCCC2)s1. The minimum absolute atomic E-state index is 0.239. The van der Waals surface area contributed by atoms with Gasteiger partial charge in [-0.25, -0.2) is 5.84 Å². The van der Waals surface area contributed by atoms with Gasteiger partial charge in [0.15, 0.2) is 0 Å². The van der Waals surface area contributed by atoms with Gasteiger partial charge < -0.3 is 4.74 Å². The predicted molar refractivity (Wildman–Crippen MR) is 63.0 cm³/mol. The number of carbonyl (C=O) groups excluding carboxylic acids is 1. The van der Waals surface area contributed by atoms with Crippen LogP contribution in [0, 0.1) is 0 Å². The number of nitrogen functional groups attached to an aromatic ring is 1. The Hall–Kier alpha value is -0.910. The Balaban J connectivity index is 1.85. The Labute approximate surface area is 98.8 Å². The zero-order valence-electron chi connectivity index (χ0n) is 9.07. The molecule has 0 aliphatic heterocycles. The number of hydrogen-bond donors (Lipinski definition) is 2. The Morgan fingerprint density at radius 3 is 2.94 bits per heavy atom. The lowest BCUT2D eigenvalue weighted by atomic mass is 10.3. The standard InChI is InChI=1S/C11H16N2O2S/c12-13-11(14)10-6-5-9(16-10)7-15-8-3-1-2-4-8/h5-6,8H,1-4,7,12H2,(H,13,14). The van der Waals surface area contributed by atoms with Gasteiger partial charge in [-0.15, -0.1) is 11.3 Å². The first-order chi connectivity index (χ1) is 7.79. The molecule has 0 spiro atoms. The van der Waals surface area contributed by atoms with Crippen LogP contribution in [-0.4, -0.2) is 12.0 Å². The van der Waals surface area contributed by atoms with Crippen molar-refractivity contribution >= 4 is 17.2 Å². The molecule has 4 nitrogen and oxygen atoms in total. The van der Waals surface area contributed by atoms with Gasteiger partial charge in [-0.3, -0.25) is 10.2 Å². The maximum absolute atomic E-state index is 11.2. The van der Waals surface area contributed by atoms with E-state index < -0.39 is 0 Å². The van der Waals surface area contributed by atoms with E-state index >= 15 is 0 Å². The first-order valence-electron chi connectivity index (χ1n) is 5.51. The van der Waals surface area contributed by atoms with Crippen molar-refractivity contribution in [1.29, 1.82) is 0 Å². The molecule has 1 amide bonds. The molecule has 1 heterocycles. The van der Waals surface area contributed by atoms with E-state index in [9.17, 15) is 4.79 Å². The first kappa shape index (κ1) is 11.6. The molecule has 1 fully saturated rings. The lowest BCUT2D eigenvalue weighted by Crippen LogP contribution is -2.29. The summed E-state index contributed by atoms with van der Waals surface area (Å²) in [6.07, 6.45) is 5.29. The van der Waals surface area contributed by atoms with Gasteiger partial charge in [0, 0.05) is 4.88 Å². The highest BCUT2D eigenvalue weighted by Crippen LogP contribution is 2.24. The van der Waals surface area contributed by atoms with E-state index in [1.54, 1.807) is 6.07 Å². The van der Waals surface area contributed by atoms with Gasteiger partial charge in [0.05, 0.1) is 17.6 Å². The van der Waals surface area contributed by atoms with Crippen molar-refractivity contribution in [1.82, 2.24) is 5.43 Å². The topological polar surface area (TPSA) is 64.3 Å². The van der Waals surface area contributed by atoms with Crippen LogP contribution >= 0.6 is 11.3 Å². The molecule has 16 heavy (non-hydrogen) atoms. The number of nitrogens with two attached hydrogens (primary N) is 1. The summed E-state index contributed by atoms with van der Waals surface area (Å²) >= 11 is 1.43. The average Bonchev–Trinajstić information content (AvgIpc) is 2.96. The van der Waals surface area contributed by atoms with Crippen LogP contribution in [-0.2, 0) is 11.3 Å². The lowest BCUT2D eigenvalue weighted by molar-refractivity contribution is 0.0473. The summed E-state index contributed by atoms with van der Waals surface area (Å²) < 4.78 is 5.76. The fourth-order valence-electron chi connectivity index (χ4n) is 1.90. The number of carbonyl (C=O) groups is 1. The van der Waals surface area contributed by atoms with Crippen molar-refractivity contribution < 1.29 is 9.53 Å². The maximum Gasteiger partial charge on any atom is 0.275 e. The van der Waals surface area contributed by atoms with Crippen molar-refractivity contribution in [2.24, 2.45) is 5.84 Å². The molecule has 1 aliphatic carbocycles. The second-order valence-corrected chi connectivity index (χ2v) is 5.13. The van der Waals surface area contributed by atoms with Gasteiger partial charge in [0.25, 0.3) is 5.91 Å². The monoisotopic (exact) mass is 240 g/mol. The lowest BCUT2D eigenvalue weighted by Gasteiger charge is -2.09. The fraction of sp³-hybridized carbons (Fsp3) is 0.545. The van der Waals surface area contributed by atoms with E-state index in [0.717, 1.165) is 4.88 Å². The molecule has 0 bridgehead atoms. The van der Waals surface area contributed by atoms with Gasteiger partial charge in [0.2, 0.25) is 0 Å². The van der Waals surface area contributed by atoms with Crippen molar-refractivity contribution in [2.75, 3.05) is 0 Å². The van der Waals surface area contributed by atoms with E-state index in [-0.39, 0.29) is 5.91 Å². The summed E-state index contributed by atoms with van der Waals surface area (Å²) in [5, 5.41) is 0. The van der Waals surface area contributed by atoms with E-state index in [4.69, 9.17) is 10.6 Å². The van der Waals surface area contributed by atoms with E-state index in [1.807, 2.05) is 6.07 Å². The van der Waals surface area contributed by atoms with Gasteiger partial charge in [0.1, 0.15) is 0 Å². The van der Waals surface area contributed by atoms with Crippen molar-refractivity contribution in [3.63, 3.8) is 0 Å². The Morgan fingerprint density at radius 1 is 1.50 bits per heavy atom. The number of thiophene rings is 1. The quantitative estimate of drug-likeness (QED) is 0.479. The summed E-state index contributed by atoms with van der Waals surface area (Å²) in [6.45, 7) is 0.604. The van der Waals surface area contributed by atoms with E-state index in [0.29, 0.717) is 17.6 Å². The average molecular weight is 240 g/mol. The summed E-state index contributed by atoms with van der Waals surface area (Å²) in [7, 11) is 0. The molecule has 1 aromatic rings. The fourth-order valence-corrected chi connectivity index (χ4v) is 2.74. The normalized spacial score (nSPS) is 16.6. The number of hydrogen-bond acceptors (Lipinski definition) is 4. The third-order valence-electron chi connectivity index (χ3n) is 2.78. The summed E-state index contributed by atoms with van der Waals surface area (Å²) in [6, 6.07) is 3.70. The Morgan fingerprint density at radius 2 is 2.25 bits per heavy atom. The van der Waals surface area contributed by atoms with Gasteiger partial charge >= 0.3 is 0 Å². The molecule has 2 rings (SSSR count). The zero-order chi connectivity index (χ0) is 11.4.